The number of carboxylic acid groups (broad SMARTS) is 2. The molecule has 0 bridgehead atoms. The van der Waals surface area contributed by atoms with Crippen LogP contribution in [0.3, 0.4) is 0 Å². The summed E-state index contributed by atoms with van der Waals surface area (Å²) < 4.78 is 8.36. The molecule has 0 unspecified atom stereocenters. The van der Waals surface area contributed by atoms with E-state index in [1.807, 2.05) is 30.3 Å². The van der Waals surface area contributed by atoms with Crippen molar-refractivity contribution in [2.45, 2.75) is 11.7 Å². The second-order valence-corrected chi connectivity index (χ2v) is 7.07. The fraction of sp³-hybridized carbons (Fsp3) is 0.176. The summed E-state index contributed by atoms with van der Waals surface area (Å²) in [4.78, 5) is 18.2. The van der Waals surface area contributed by atoms with Gasteiger partial charge in [0.25, 0.3) is 0 Å². The first-order chi connectivity index (χ1) is 13.4. The van der Waals surface area contributed by atoms with E-state index in [2.05, 4.69) is 42.8 Å². The van der Waals surface area contributed by atoms with E-state index >= 15 is 0 Å². The second kappa shape index (κ2) is 10.6. The van der Waals surface area contributed by atoms with Gasteiger partial charge in [-0.1, -0.05) is 42.1 Å². The van der Waals surface area contributed by atoms with Gasteiger partial charge in [0.2, 0.25) is 5.82 Å². The Bertz CT molecular complexity index is 917. The molecule has 148 valence electrons. The third kappa shape index (κ3) is 6.22. The number of carboxylic acids is 2. The molecular formula is C17H17BrN4O5S. The lowest BCUT2D eigenvalue weighted by Gasteiger charge is -2.09. The maximum Gasteiger partial charge on any atom is 0.414 e. The molecule has 2 aromatic heterocycles. The first-order valence-electron chi connectivity index (χ1n) is 7.94. The van der Waals surface area contributed by atoms with Gasteiger partial charge in [-0.2, -0.15) is 0 Å². The van der Waals surface area contributed by atoms with Crippen LogP contribution in [0, 0.1) is 0 Å². The van der Waals surface area contributed by atoms with Crippen molar-refractivity contribution in [3.8, 4) is 11.6 Å². The van der Waals surface area contributed by atoms with Crippen LogP contribution in [0.15, 0.2) is 56.7 Å². The van der Waals surface area contributed by atoms with Crippen molar-refractivity contribution >= 4 is 39.6 Å². The van der Waals surface area contributed by atoms with Gasteiger partial charge in [0, 0.05) is 12.3 Å². The molecule has 9 nitrogen and oxygen atoms in total. The molecule has 0 fully saturated rings. The van der Waals surface area contributed by atoms with E-state index in [9.17, 15) is 0 Å². The van der Waals surface area contributed by atoms with Crippen molar-refractivity contribution in [1.29, 1.82) is 0 Å². The number of rotatable bonds is 6. The maximum absolute atomic E-state index is 9.10. The zero-order valence-corrected chi connectivity index (χ0v) is 16.9. The van der Waals surface area contributed by atoms with Crippen LogP contribution >= 0.6 is 27.7 Å². The largest absolute Gasteiger partial charge is 0.473 e. The van der Waals surface area contributed by atoms with Gasteiger partial charge in [-0.25, -0.2) is 9.59 Å². The molecule has 0 aliphatic heterocycles. The summed E-state index contributed by atoms with van der Waals surface area (Å²) in [7, 11) is 0. The molecule has 0 radical (unpaired) electrons. The van der Waals surface area contributed by atoms with Gasteiger partial charge in [-0.05, 0) is 33.6 Å². The Morgan fingerprint density at radius 2 is 1.79 bits per heavy atom. The quantitative estimate of drug-likeness (QED) is 0.366. The summed E-state index contributed by atoms with van der Waals surface area (Å²) in [5.41, 5.74) is 6.78. The highest BCUT2D eigenvalue weighted by atomic mass is 79.9. The Morgan fingerprint density at radius 1 is 1.11 bits per heavy atom. The predicted octanol–water partition coefficient (Wildman–Crippen LogP) is 2.56. The van der Waals surface area contributed by atoms with E-state index in [0.29, 0.717) is 29.3 Å². The third-order valence-corrected chi connectivity index (χ3v) is 4.65. The summed E-state index contributed by atoms with van der Waals surface area (Å²) in [6, 6.07) is 13.9. The van der Waals surface area contributed by atoms with Crippen LogP contribution in [0.25, 0.3) is 11.6 Å². The molecule has 0 atom stereocenters. The molecule has 2 heterocycles. The van der Waals surface area contributed by atoms with Gasteiger partial charge in [-0.15, -0.1) is 10.2 Å². The van der Waals surface area contributed by atoms with E-state index in [-0.39, 0.29) is 0 Å². The number of furan rings is 1. The van der Waals surface area contributed by atoms with Crippen molar-refractivity contribution in [1.82, 2.24) is 14.8 Å². The number of carbonyl (C=O) groups is 2. The summed E-state index contributed by atoms with van der Waals surface area (Å²) in [6.07, 6.45) is 0. The van der Waals surface area contributed by atoms with Crippen molar-refractivity contribution in [3.63, 3.8) is 0 Å². The lowest BCUT2D eigenvalue weighted by Crippen LogP contribution is -2.09. The molecule has 0 spiro atoms. The highest BCUT2D eigenvalue weighted by Crippen LogP contribution is 2.27. The number of aromatic nitrogens is 3. The number of halogens is 1. The zero-order valence-electron chi connectivity index (χ0n) is 14.5. The van der Waals surface area contributed by atoms with Crippen LogP contribution in [0.1, 0.15) is 5.56 Å². The van der Waals surface area contributed by atoms with Crippen LogP contribution in [0.4, 0.5) is 0 Å². The first-order valence-corrected chi connectivity index (χ1v) is 9.72. The fourth-order valence-corrected chi connectivity index (χ4v) is 3.08. The number of thioether (sulfide) groups is 1. The molecule has 11 heteroatoms. The van der Waals surface area contributed by atoms with E-state index in [0.717, 1.165) is 10.9 Å². The van der Waals surface area contributed by atoms with E-state index in [4.69, 9.17) is 30.0 Å². The molecule has 0 aliphatic rings. The minimum Gasteiger partial charge on any atom is -0.473 e. The van der Waals surface area contributed by atoms with E-state index in [1.54, 1.807) is 11.8 Å². The van der Waals surface area contributed by atoms with Crippen molar-refractivity contribution in [3.05, 3.63) is 52.7 Å². The SMILES string of the molecule is NCCSc1nnc(-c2ccc(Br)o2)n1Cc1ccccc1.O=C(O)C(=O)O. The van der Waals surface area contributed by atoms with Crippen molar-refractivity contribution in [2.24, 2.45) is 5.73 Å². The summed E-state index contributed by atoms with van der Waals surface area (Å²) >= 11 is 4.92. The van der Waals surface area contributed by atoms with Crippen LogP contribution in [0.2, 0.25) is 0 Å². The second-order valence-electron chi connectivity index (χ2n) is 5.23. The number of benzene rings is 1. The highest BCUT2D eigenvalue weighted by Gasteiger charge is 2.17. The Kier molecular flexibility index (Phi) is 8.23. The maximum atomic E-state index is 9.10. The van der Waals surface area contributed by atoms with E-state index < -0.39 is 11.9 Å². The molecule has 1 aromatic carbocycles. The van der Waals surface area contributed by atoms with Gasteiger partial charge in [0.05, 0.1) is 6.54 Å². The first kappa shape index (κ1) is 21.7. The van der Waals surface area contributed by atoms with Gasteiger partial charge in [-0.3, -0.25) is 4.57 Å². The average molecular weight is 469 g/mol. The smallest absolute Gasteiger partial charge is 0.414 e. The molecule has 0 saturated carbocycles. The Hall–Kier alpha value is -2.63. The molecule has 4 N–H and O–H groups in total. The minimum absolute atomic E-state index is 0.602. The number of hydrogen-bond acceptors (Lipinski definition) is 7. The topological polar surface area (TPSA) is 144 Å². The molecular weight excluding hydrogens is 452 g/mol. The van der Waals surface area contributed by atoms with Gasteiger partial charge in [0.1, 0.15) is 0 Å². The van der Waals surface area contributed by atoms with Crippen LogP contribution < -0.4 is 5.73 Å². The van der Waals surface area contributed by atoms with Gasteiger partial charge >= 0.3 is 11.9 Å². The van der Waals surface area contributed by atoms with Crippen molar-refractivity contribution < 1.29 is 24.2 Å². The summed E-state index contributed by atoms with van der Waals surface area (Å²) in [5.74, 6) is -1.44. The molecule has 0 saturated heterocycles. The Morgan fingerprint density at radius 3 is 2.32 bits per heavy atom. The summed E-state index contributed by atoms with van der Waals surface area (Å²) in [6.45, 7) is 1.29. The highest BCUT2D eigenvalue weighted by molar-refractivity contribution is 9.10. The standard InChI is InChI=1S/C15H15BrN4OS.C2H2O4/c16-13-7-6-12(21-13)14-18-19-15(22-9-8-17)20(14)10-11-4-2-1-3-5-11;3-1(4)2(5)6/h1-7H,8-10,17H2;(H,3,4)(H,5,6). The molecule has 3 rings (SSSR count). The zero-order chi connectivity index (χ0) is 20.5. The molecule has 0 aliphatic carbocycles. The van der Waals surface area contributed by atoms with E-state index in [1.165, 1.54) is 5.56 Å². The number of nitrogens with two attached hydrogens (primary N) is 1. The van der Waals surface area contributed by atoms with Crippen LogP contribution in [-0.4, -0.2) is 49.2 Å². The molecule has 3 aromatic rings. The monoisotopic (exact) mass is 468 g/mol. The fourth-order valence-electron chi connectivity index (χ4n) is 2.07. The number of nitrogens with zero attached hydrogens (tertiary/aromatic N) is 3. The summed E-state index contributed by atoms with van der Waals surface area (Å²) in [5, 5.41) is 24.2. The average Bonchev–Trinajstić information content (AvgIpc) is 3.27. The lowest BCUT2D eigenvalue weighted by atomic mass is 10.2. The normalized spacial score (nSPS) is 10.2. The van der Waals surface area contributed by atoms with Crippen LogP contribution in [0.5, 0.6) is 0 Å². The Balaban J connectivity index is 0.000000409. The minimum atomic E-state index is -1.82. The predicted molar refractivity (Wildman–Crippen MR) is 106 cm³/mol. The van der Waals surface area contributed by atoms with Crippen LogP contribution in [-0.2, 0) is 16.1 Å². The van der Waals surface area contributed by atoms with Gasteiger partial charge in [0.15, 0.2) is 15.6 Å². The lowest BCUT2D eigenvalue weighted by molar-refractivity contribution is -0.159. The third-order valence-electron chi connectivity index (χ3n) is 3.23. The molecule has 0 amide bonds. The Labute approximate surface area is 172 Å². The van der Waals surface area contributed by atoms with Gasteiger partial charge < -0.3 is 20.4 Å². The number of hydrogen-bond donors (Lipinski definition) is 3. The number of aliphatic carboxylic acids is 2. The van der Waals surface area contributed by atoms with Crippen molar-refractivity contribution in [2.75, 3.05) is 12.3 Å². The molecule has 28 heavy (non-hydrogen) atoms.